The number of thiazole rings is 1. The molecule has 1 saturated heterocycles. The summed E-state index contributed by atoms with van der Waals surface area (Å²) in [5.41, 5.74) is 3.35. The van der Waals surface area contributed by atoms with Gasteiger partial charge in [0.2, 0.25) is 0 Å². The number of aromatic nitrogens is 3. The molecule has 4 aromatic rings. The summed E-state index contributed by atoms with van der Waals surface area (Å²) in [6, 6.07) is 19.4. The quantitative estimate of drug-likeness (QED) is 0.508. The van der Waals surface area contributed by atoms with Crippen molar-refractivity contribution in [2.24, 2.45) is 0 Å². The lowest BCUT2D eigenvalue weighted by atomic mass is 10.1. The van der Waals surface area contributed by atoms with Crippen LogP contribution in [0.2, 0.25) is 0 Å². The molecule has 2 aromatic carbocycles. The zero-order valence-electron chi connectivity index (χ0n) is 16.4. The van der Waals surface area contributed by atoms with Gasteiger partial charge in [0.25, 0.3) is 5.91 Å². The van der Waals surface area contributed by atoms with Crippen molar-refractivity contribution in [3.05, 3.63) is 65.7 Å². The van der Waals surface area contributed by atoms with Gasteiger partial charge in [-0.05, 0) is 55.7 Å². The molecule has 0 radical (unpaired) electrons. The summed E-state index contributed by atoms with van der Waals surface area (Å²) < 4.78 is 1.00. The number of rotatable bonds is 4. The highest BCUT2D eigenvalue weighted by Gasteiger charge is 2.14. The topological polar surface area (TPSA) is 71.0 Å². The average molecular weight is 416 g/mol. The third-order valence-corrected chi connectivity index (χ3v) is 6.29. The Labute approximate surface area is 178 Å². The molecule has 1 aliphatic heterocycles. The average Bonchev–Trinajstić information content (AvgIpc) is 3.25. The van der Waals surface area contributed by atoms with Crippen LogP contribution in [0.4, 0.5) is 11.5 Å². The van der Waals surface area contributed by atoms with Crippen molar-refractivity contribution in [1.29, 1.82) is 0 Å². The van der Waals surface area contributed by atoms with E-state index in [1.54, 1.807) is 0 Å². The predicted octanol–water partition coefficient (Wildman–Crippen LogP) is 5.00. The highest BCUT2D eigenvalue weighted by atomic mass is 32.1. The number of carbonyl (C=O) groups excluding carboxylic acids is 1. The van der Waals surface area contributed by atoms with E-state index >= 15 is 0 Å². The SMILES string of the molecule is O=C(Nc1ccc(-c2ccc(N3CCCCC3)nn2)cc1)c1nc2ccccc2s1. The predicted molar refractivity (Wildman–Crippen MR) is 121 cm³/mol. The van der Waals surface area contributed by atoms with Gasteiger partial charge in [-0.15, -0.1) is 21.5 Å². The maximum absolute atomic E-state index is 12.5. The van der Waals surface area contributed by atoms with Crippen LogP contribution in [0.15, 0.2) is 60.7 Å². The Kier molecular flexibility index (Phi) is 5.11. The fraction of sp³-hybridized carbons (Fsp3) is 0.217. The molecule has 0 bridgehead atoms. The number of hydrogen-bond acceptors (Lipinski definition) is 6. The molecule has 6 nitrogen and oxygen atoms in total. The van der Waals surface area contributed by atoms with E-state index in [0.717, 1.165) is 46.1 Å². The van der Waals surface area contributed by atoms with E-state index in [1.165, 1.54) is 30.6 Å². The van der Waals surface area contributed by atoms with Gasteiger partial charge in [-0.25, -0.2) is 4.98 Å². The summed E-state index contributed by atoms with van der Waals surface area (Å²) in [7, 11) is 0. The molecule has 150 valence electrons. The lowest BCUT2D eigenvalue weighted by Gasteiger charge is -2.27. The first-order valence-electron chi connectivity index (χ1n) is 10.1. The van der Waals surface area contributed by atoms with Crippen LogP contribution in [-0.4, -0.2) is 34.2 Å². The first-order chi connectivity index (χ1) is 14.8. The second-order valence-corrected chi connectivity index (χ2v) is 8.37. The number of carbonyl (C=O) groups is 1. The van der Waals surface area contributed by atoms with Crippen LogP contribution in [0.25, 0.3) is 21.5 Å². The van der Waals surface area contributed by atoms with Gasteiger partial charge in [-0.3, -0.25) is 4.79 Å². The molecule has 1 amide bonds. The number of piperidine rings is 1. The van der Waals surface area contributed by atoms with E-state index in [2.05, 4.69) is 25.4 Å². The number of nitrogens with one attached hydrogen (secondary N) is 1. The number of benzene rings is 2. The summed E-state index contributed by atoms with van der Waals surface area (Å²) in [6.45, 7) is 2.11. The molecule has 1 N–H and O–H groups in total. The molecular weight excluding hydrogens is 394 g/mol. The maximum atomic E-state index is 12.5. The summed E-state index contributed by atoms with van der Waals surface area (Å²) in [4.78, 5) is 19.2. The summed E-state index contributed by atoms with van der Waals surface area (Å²) in [5, 5.41) is 12.2. The first-order valence-corrected chi connectivity index (χ1v) is 10.9. The molecule has 1 fully saturated rings. The number of amides is 1. The van der Waals surface area contributed by atoms with Crippen molar-refractivity contribution < 1.29 is 4.79 Å². The fourth-order valence-electron chi connectivity index (χ4n) is 3.65. The van der Waals surface area contributed by atoms with Crippen molar-refractivity contribution in [2.45, 2.75) is 19.3 Å². The normalized spacial score (nSPS) is 14.1. The third-order valence-electron chi connectivity index (χ3n) is 5.26. The van der Waals surface area contributed by atoms with Gasteiger partial charge in [-0.2, -0.15) is 0 Å². The van der Waals surface area contributed by atoms with Crippen LogP contribution in [0.3, 0.4) is 0 Å². The van der Waals surface area contributed by atoms with Gasteiger partial charge >= 0.3 is 0 Å². The Bertz CT molecular complexity index is 1130. The van der Waals surface area contributed by atoms with Crippen LogP contribution >= 0.6 is 11.3 Å². The van der Waals surface area contributed by atoms with Gasteiger partial charge in [0.15, 0.2) is 10.8 Å². The Morgan fingerprint density at radius 3 is 2.43 bits per heavy atom. The first kappa shape index (κ1) is 18.7. The molecule has 2 aromatic heterocycles. The zero-order valence-corrected chi connectivity index (χ0v) is 17.2. The molecule has 0 aliphatic carbocycles. The van der Waals surface area contributed by atoms with Gasteiger partial charge in [0.05, 0.1) is 15.9 Å². The molecule has 30 heavy (non-hydrogen) atoms. The highest BCUT2D eigenvalue weighted by molar-refractivity contribution is 7.20. The van der Waals surface area contributed by atoms with E-state index in [4.69, 9.17) is 0 Å². The second kappa shape index (κ2) is 8.20. The maximum Gasteiger partial charge on any atom is 0.284 e. The third kappa shape index (κ3) is 3.89. The van der Waals surface area contributed by atoms with Crippen LogP contribution in [-0.2, 0) is 0 Å². The lowest BCUT2D eigenvalue weighted by Crippen LogP contribution is -2.30. The molecule has 7 heteroatoms. The minimum atomic E-state index is -0.199. The Morgan fingerprint density at radius 1 is 0.900 bits per heavy atom. The summed E-state index contributed by atoms with van der Waals surface area (Å²) in [5.74, 6) is 0.743. The van der Waals surface area contributed by atoms with Crippen molar-refractivity contribution >= 4 is 39.0 Å². The van der Waals surface area contributed by atoms with E-state index in [9.17, 15) is 4.79 Å². The molecule has 0 saturated carbocycles. The Hall–Kier alpha value is -3.32. The monoisotopic (exact) mass is 415 g/mol. The van der Waals surface area contributed by atoms with Gasteiger partial charge in [-0.1, -0.05) is 24.3 Å². The smallest absolute Gasteiger partial charge is 0.284 e. The number of para-hydroxylation sites is 1. The molecule has 0 spiro atoms. The molecule has 0 atom stereocenters. The van der Waals surface area contributed by atoms with Gasteiger partial charge in [0, 0.05) is 24.3 Å². The largest absolute Gasteiger partial charge is 0.355 e. The molecule has 5 rings (SSSR count). The van der Waals surface area contributed by atoms with Crippen LogP contribution in [0.1, 0.15) is 29.1 Å². The van der Waals surface area contributed by atoms with Gasteiger partial charge < -0.3 is 10.2 Å². The molecular formula is C23H21N5OS. The minimum absolute atomic E-state index is 0.199. The van der Waals surface area contributed by atoms with E-state index in [0.29, 0.717) is 5.01 Å². The second-order valence-electron chi connectivity index (χ2n) is 7.34. The van der Waals surface area contributed by atoms with E-state index < -0.39 is 0 Å². The molecule has 0 unspecified atom stereocenters. The van der Waals surface area contributed by atoms with Crippen molar-refractivity contribution in [3.63, 3.8) is 0 Å². The van der Waals surface area contributed by atoms with Crippen LogP contribution in [0.5, 0.6) is 0 Å². The number of anilines is 2. The van der Waals surface area contributed by atoms with Crippen molar-refractivity contribution in [2.75, 3.05) is 23.3 Å². The molecule has 1 aliphatic rings. The fourth-order valence-corrected chi connectivity index (χ4v) is 4.51. The molecule has 3 heterocycles. The van der Waals surface area contributed by atoms with E-state index in [1.807, 2.05) is 60.7 Å². The Morgan fingerprint density at radius 2 is 1.70 bits per heavy atom. The summed E-state index contributed by atoms with van der Waals surface area (Å²) in [6.07, 6.45) is 3.73. The van der Waals surface area contributed by atoms with Crippen LogP contribution in [0, 0.1) is 0 Å². The van der Waals surface area contributed by atoms with Gasteiger partial charge in [0.1, 0.15) is 0 Å². The summed E-state index contributed by atoms with van der Waals surface area (Å²) >= 11 is 1.39. The van der Waals surface area contributed by atoms with E-state index in [-0.39, 0.29) is 5.91 Å². The zero-order chi connectivity index (χ0) is 20.3. The number of fused-ring (bicyclic) bond motifs is 1. The van der Waals surface area contributed by atoms with Crippen LogP contribution < -0.4 is 10.2 Å². The highest BCUT2D eigenvalue weighted by Crippen LogP contribution is 2.24. The Balaban J connectivity index is 1.27. The number of nitrogens with zero attached hydrogens (tertiary/aromatic N) is 4. The number of hydrogen-bond donors (Lipinski definition) is 1. The van der Waals surface area contributed by atoms with Crippen molar-refractivity contribution in [1.82, 2.24) is 15.2 Å². The minimum Gasteiger partial charge on any atom is -0.355 e. The lowest BCUT2D eigenvalue weighted by molar-refractivity contribution is 0.102. The van der Waals surface area contributed by atoms with Crippen molar-refractivity contribution in [3.8, 4) is 11.3 Å². The standard InChI is InChI=1S/C23H21N5OS/c29-22(23-25-19-6-2-3-7-20(19)30-23)24-17-10-8-16(9-11-17)18-12-13-21(27-26-18)28-14-4-1-5-15-28/h2-3,6-13H,1,4-5,14-15H2,(H,24,29).